The number of likely N-dealkylation sites (tertiary alicyclic amines) is 1. The highest BCUT2D eigenvalue weighted by molar-refractivity contribution is 5.79. The molecule has 20 heavy (non-hydrogen) atoms. The Morgan fingerprint density at radius 2 is 1.75 bits per heavy atom. The van der Waals surface area contributed by atoms with Crippen LogP contribution in [0.2, 0.25) is 0 Å². The fourth-order valence-corrected chi connectivity index (χ4v) is 3.15. The van der Waals surface area contributed by atoms with Gasteiger partial charge in [0.2, 0.25) is 5.91 Å². The molecule has 0 spiro atoms. The third kappa shape index (κ3) is 4.12. The molecular formula is C15H27N3O2. The molecule has 5 heteroatoms. The van der Waals surface area contributed by atoms with Crippen molar-refractivity contribution in [1.82, 2.24) is 15.5 Å². The van der Waals surface area contributed by atoms with Crippen molar-refractivity contribution >= 4 is 11.9 Å². The first kappa shape index (κ1) is 15.1. The third-order valence-electron chi connectivity index (χ3n) is 4.38. The number of nitrogens with zero attached hydrogens (tertiary/aromatic N) is 1. The fraction of sp³-hybridized carbons (Fsp3) is 0.867. The number of hydrogen-bond acceptors (Lipinski definition) is 2. The van der Waals surface area contributed by atoms with Crippen LogP contribution in [0.25, 0.3) is 0 Å². The van der Waals surface area contributed by atoms with Gasteiger partial charge >= 0.3 is 6.03 Å². The first-order chi connectivity index (χ1) is 9.70. The van der Waals surface area contributed by atoms with Gasteiger partial charge in [-0.1, -0.05) is 19.8 Å². The highest BCUT2D eigenvalue weighted by Gasteiger charge is 2.30. The maximum atomic E-state index is 12.3. The van der Waals surface area contributed by atoms with Gasteiger partial charge in [0.25, 0.3) is 0 Å². The second kappa shape index (κ2) is 7.50. The molecule has 2 fully saturated rings. The number of urea groups is 1. The van der Waals surface area contributed by atoms with Gasteiger partial charge in [-0.05, 0) is 32.1 Å². The van der Waals surface area contributed by atoms with Crippen LogP contribution < -0.4 is 10.6 Å². The Morgan fingerprint density at radius 3 is 2.35 bits per heavy atom. The lowest BCUT2D eigenvalue weighted by Gasteiger charge is -2.33. The summed E-state index contributed by atoms with van der Waals surface area (Å²) in [4.78, 5) is 25.9. The van der Waals surface area contributed by atoms with Gasteiger partial charge in [-0.15, -0.1) is 0 Å². The number of carbonyl (C=O) groups is 2. The summed E-state index contributed by atoms with van der Waals surface area (Å²) < 4.78 is 0. The van der Waals surface area contributed by atoms with Gasteiger partial charge in [-0.25, -0.2) is 4.79 Å². The van der Waals surface area contributed by atoms with Crippen LogP contribution in [0.5, 0.6) is 0 Å². The normalized spacial score (nSPS) is 20.9. The molecule has 2 N–H and O–H groups in total. The first-order valence-corrected chi connectivity index (χ1v) is 8.04. The van der Waals surface area contributed by atoms with Crippen LogP contribution in [0.3, 0.4) is 0 Å². The molecule has 0 bridgehead atoms. The molecule has 5 nitrogen and oxygen atoms in total. The number of amides is 3. The van der Waals surface area contributed by atoms with E-state index in [-0.39, 0.29) is 18.0 Å². The van der Waals surface area contributed by atoms with Crippen molar-refractivity contribution < 1.29 is 9.59 Å². The predicted octanol–water partition coefficient (Wildman–Crippen LogP) is 1.88. The standard InChI is InChI=1S/C15H27N3O2/c1-2-9-16-15(20)17-13-7-10-18(11-8-13)14(19)12-5-3-4-6-12/h12-13H,2-11H2,1H3,(H2,16,17,20). The van der Waals surface area contributed by atoms with E-state index in [1.54, 1.807) is 0 Å². The van der Waals surface area contributed by atoms with E-state index in [2.05, 4.69) is 10.6 Å². The maximum absolute atomic E-state index is 12.3. The molecular weight excluding hydrogens is 254 g/mol. The van der Waals surface area contributed by atoms with Crippen molar-refractivity contribution in [3.8, 4) is 0 Å². The molecule has 0 atom stereocenters. The Kier molecular flexibility index (Phi) is 5.68. The van der Waals surface area contributed by atoms with E-state index in [1.165, 1.54) is 12.8 Å². The summed E-state index contributed by atoms with van der Waals surface area (Å²) in [5, 5.41) is 5.82. The van der Waals surface area contributed by atoms with Crippen LogP contribution in [-0.2, 0) is 4.79 Å². The molecule has 114 valence electrons. The molecule has 1 saturated heterocycles. The molecule has 1 saturated carbocycles. The zero-order valence-electron chi connectivity index (χ0n) is 12.5. The summed E-state index contributed by atoms with van der Waals surface area (Å²) in [5.41, 5.74) is 0. The van der Waals surface area contributed by atoms with Crippen molar-refractivity contribution in [1.29, 1.82) is 0 Å². The van der Waals surface area contributed by atoms with Gasteiger partial charge in [-0.2, -0.15) is 0 Å². The monoisotopic (exact) mass is 281 g/mol. The van der Waals surface area contributed by atoms with Gasteiger partial charge in [0.05, 0.1) is 0 Å². The van der Waals surface area contributed by atoms with Crippen molar-refractivity contribution in [2.75, 3.05) is 19.6 Å². The average molecular weight is 281 g/mol. The third-order valence-corrected chi connectivity index (χ3v) is 4.38. The fourth-order valence-electron chi connectivity index (χ4n) is 3.15. The molecule has 0 unspecified atom stereocenters. The summed E-state index contributed by atoms with van der Waals surface area (Å²) in [5.74, 6) is 0.615. The minimum atomic E-state index is -0.0765. The summed E-state index contributed by atoms with van der Waals surface area (Å²) in [6.45, 7) is 4.32. The van der Waals surface area contributed by atoms with Crippen LogP contribution >= 0.6 is 0 Å². The summed E-state index contributed by atoms with van der Waals surface area (Å²) in [6.07, 6.45) is 7.22. The number of carbonyl (C=O) groups excluding carboxylic acids is 2. The molecule has 1 aliphatic carbocycles. The summed E-state index contributed by atoms with van der Waals surface area (Å²) in [7, 11) is 0. The average Bonchev–Trinajstić information content (AvgIpc) is 2.99. The van der Waals surface area contributed by atoms with E-state index < -0.39 is 0 Å². The van der Waals surface area contributed by atoms with E-state index in [0.29, 0.717) is 12.5 Å². The van der Waals surface area contributed by atoms with Gasteiger partial charge in [0.15, 0.2) is 0 Å². The lowest BCUT2D eigenvalue weighted by Crippen LogP contribution is -2.50. The van der Waals surface area contributed by atoms with Crippen molar-refractivity contribution in [3.05, 3.63) is 0 Å². The van der Waals surface area contributed by atoms with Crippen LogP contribution in [0, 0.1) is 5.92 Å². The van der Waals surface area contributed by atoms with Crippen LogP contribution in [-0.4, -0.2) is 42.5 Å². The smallest absolute Gasteiger partial charge is 0.315 e. The second-order valence-corrected chi connectivity index (χ2v) is 5.98. The van der Waals surface area contributed by atoms with Gasteiger partial charge in [-0.3, -0.25) is 4.79 Å². The minimum Gasteiger partial charge on any atom is -0.342 e. The Morgan fingerprint density at radius 1 is 1.10 bits per heavy atom. The van der Waals surface area contributed by atoms with Crippen molar-refractivity contribution in [2.24, 2.45) is 5.92 Å². The molecule has 2 aliphatic rings. The van der Waals surface area contributed by atoms with E-state index in [1.807, 2.05) is 11.8 Å². The van der Waals surface area contributed by atoms with Crippen LogP contribution in [0.15, 0.2) is 0 Å². The maximum Gasteiger partial charge on any atom is 0.315 e. The van der Waals surface area contributed by atoms with Gasteiger partial charge in [0, 0.05) is 31.6 Å². The highest BCUT2D eigenvalue weighted by Crippen LogP contribution is 2.27. The Hall–Kier alpha value is -1.26. The summed E-state index contributed by atoms with van der Waals surface area (Å²) >= 11 is 0. The Balaban J connectivity index is 1.69. The minimum absolute atomic E-state index is 0.0765. The van der Waals surface area contributed by atoms with E-state index in [4.69, 9.17) is 0 Å². The molecule has 0 radical (unpaired) electrons. The Bertz CT molecular complexity index is 332. The Labute approximate surface area is 121 Å². The predicted molar refractivity (Wildman–Crippen MR) is 78.4 cm³/mol. The van der Waals surface area contributed by atoms with E-state index in [9.17, 15) is 9.59 Å². The largest absolute Gasteiger partial charge is 0.342 e. The molecule has 3 amide bonds. The first-order valence-electron chi connectivity index (χ1n) is 8.04. The number of rotatable bonds is 4. The molecule has 0 aromatic heterocycles. The number of nitrogens with one attached hydrogen (secondary N) is 2. The number of piperidine rings is 1. The van der Waals surface area contributed by atoms with Gasteiger partial charge < -0.3 is 15.5 Å². The van der Waals surface area contributed by atoms with Gasteiger partial charge in [0.1, 0.15) is 0 Å². The van der Waals surface area contributed by atoms with Crippen molar-refractivity contribution in [2.45, 2.75) is 57.9 Å². The lowest BCUT2D eigenvalue weighted by atomic mass is 10.0. The topological polar surface area (TPSA) is 61.4 Å². The number of hydrogen-bond donors (Lipinski definition) is 2. The highest BCUT2D eigenvalue weighted by atomic mass is 16.2. The molecule has 0 aromatic carbocycles. The second-order valence-electron chi connectivity index (χ2n) is 5.98. The quantitative estimate of drug-likeness (QED) is 0.826. The zero-order valence-corrected chi connectivity index (χ0v) is 12.5. The van der Waals surface area contributed by atoms with Crippen LogP contribution in [0.4, 0.5) is 4.79 Å². The molecule has 2 rings (SSSR count). The summed E-state index contributed by atoms with van der Waals surface area (Å²) in [6, 6.07) is 0.131. The molecule has 1 heterocycles. The van der Waals surface area contributed by atoms with E-state index in [0.717, 1.165) is 45.2 Å². The lowest BCUT2D eigenvalue weighted by molar-refractivity contribution is -0.136. The molecule has 1 aliphatic heterocycles. The van der Waals surface area contributed by atoms with Crippen LogP contribution in [0.1, 0.15) is 51.9 Å². The van der Waals surface area contributed by atoms with E-state index >= 15 is 0 Å². The zero-order chi connectivity index (χ0) is 14.4. The van der Waals surface area contributed by atoms with Crippen molar-refractivity contribution in [3.63, 3.8) is 0 Å². The SMILES string of the molecule is CCCNC(=O)NC1CCN(C(=O)C2CCCC2)CC1. The molecule has 0 aromatic rings.